The summed E-state index contributed by atoms with van der Waals surface area (Å²) in [6.45, 7) is 3.91. The lowest BCUT2D eigenvalue weighted by Gasteiger charge is -2.08. The Morgan fingerprint density at radius 1 is 1.53 bits per heavy atom. The van der Waals surface area contributed by atoms with Gasteiger partial charge in [-0.15, -0.1) is 0 Å². The summed E-state index contributed by atoms with van der Waals surface area (Å²) in [7, 11) is 0. The maximum Gasteiger partial charge on any atom is 0.193 e. The third kappa shape index (κ3) is 4.10. The van der Waals surface area contributed by atoms with Gasteiger partial charge in [-0.25, -0.2) is 0 Å². The van der Waals surface area contributed by atoms with Crippen LogP contribution in [0.2, 0.25) is 5.02 Å². The summed E-state index contributed by atoms with van der Waals surface area (Å²) >= 11 is 9.34. The van der Waals surface area contributed by atoms with Gasteiger partial charge in [0, 0.05) is 10.5 Å². The normalized spacial score (nSPS) is 11.9. The molecular formula is C10H13BrClN3. The van der Waals surface area contributed by atoms with E-state index in [-0.39, 0.29) is 6.04 Å². The summed E-state index contributed by atoms with van der Waals surface area (Å²) in [5.74, 6) is 0.370. The molecular weight excluding hydrogens is 277 g/mol. The molecule has 0 heterocycles. The number of nitrogens with zero attached hydrogens (tertiary/aromatic N) is 1. The van der Waals surface area contributed by atoms with E-state index in [1.54, 1.807) is 6.07 Å². The Hall–Kier alpha value is -0.740. The van der Waals surface area contributed by atoms with Gasteiger partial charge in [-0.1, -0.05) is 27.5 Å². The molecule has 0 amide bonds. The van der Waals surface area contributed by atoms with E-state index >= 15 is 0 Å². The first-order chi connectivity index (χ1) is 6.99. The van der Waals surface area contributed by atoms with Crippen LogP contribution in [0.1, 0.15) is 13.8 Å². The molecule has 82 valence electrons. The third-order valence-corrected chi connectivity index (χ3v) is 2.40. The molecule has 5 heteroatoms. The fraction of sp³-hybridized carbons (Fsp3) is 0.300. The second kappa shape index (κ2) is 5.37. The van der Waals surface area contributed by atoms with E-state index in [0.29, 0.717) is 11.0 Å². The highest BCUT2D eigenvalue weighted by molar-refractivity contribution is 9.10. The van der Waals surface area contributed by atoms with Gasteiger partial charge >= 0.3 is 0 Å². The smallest absolute Gasteiger partial charge is 0.193 e. The summed E-state index contributed by atoms with van der Waals surface area (Å²) in [5, 5.41) is 3.55. The Bertz CT molecular complexity index is 377. The molecule has 0 saturated heterocycles. The monoisotopic (exact) mass is 289 g/mol. The number of rotatable bonds is 2. The number of nitrogens with one attached hydrogen (secondary N) is 1. The van der Waals surface area contributed by atoms with E-state index in [0.717, 1.165) is 10.2 Å². The summed E-state index contributed by atoms with van der Waals surface area (Å²) in [4.78, 5) is 4.15. The van der Waals surface area contributed by atoms with Crippen molar-refractivity contribution in [1.29, 1.82) is 0 Å². The van der Waals surface area contributed by atoms with E-state index in [2.05, 4.69) is 26.2 Å². The number of hydrogen-bond donors (Lipinski definition) is 2. The largest absolute Gasteiger partial charge is 0.370 e. The molecule has 0 aliphatic heterocycles. The molecule has 15 heavy (non-hydrogen) atoms. The number of aliphatic imine (C=N–C) groups is 1. The highest BCUT2D eigenvalue weighted by Crippen LogP contribution is 2.25. The zero-order chi connectivity index (χ0) is 11.4. The average molecular weight is 291 g/mol. The van der Waals surface area contributed by atoms with E-state index < -0.39 is 0 Å². The molecule has 1 rings (SSSR count). The van der Waals surface area contributed by atoms with Crippen LogP contribution in [0.3, 0.4) is 0 Å². The average Bonchev–Trinajstić information content (AvgIpc) is 2.08. The van der Waals surface area contributed by atoms with Crippen LogP contribution in [0.5, 0.6) is 0 Å². The number of hydrogen-bond acceptors (Lipinski definition) is 1. The first-order valence-corrected chi connectivity index (χ1v) is 5.71. The molecule has 1 aromatic carbocycles. The van der Waals surface area contributed by atoms with Crippen molar-refractivity contribution in [2.24, 2.45) is 10.7 Å². The SMILES string of the molecule is CC(C)N=C(N)Nc1ccc(Br)cc1Cl. The van der Waals surface area contributed by atoms with Crippen LogP contribution in [-0.4, -0.2) is 12.0 Å². The Morgan fingerprint density at radius 2 is 2.20 bits per heavy atom. The molecule has 0 atom stereocenters. The van der Waals surface area contributed by atoms with Crippen molar-refractivity contribution in [1.82, 2.24) is 0 Å². The van der Waals surface area contributed by atoms with Gasteiger partial charge in [0.1, 0.15) is 0 Å². The van der Waals surface area contributed by atoms with Crippen LogP contribution >= 0.6 is 27.5 Å². The van der Waals surface area contributed by atoms with Crippen LogP contribution in [0, 0.1) is 0 Å². The number of nitrogens with two attached hydrogens (primary N) is 1. The van der Waals surface area contributed by atoms with Gasteiger partial charge in [-0.05, 0) is 32.0 Å². The Balaban J connectivity index is 2.81. The van der Waals surface area contributed by atoms with Crippen LogP contribution in [0.15, 0.2) is 27.7 Å². The molecule has 0 bridgehead atoms. The van der Waals surface area contributed by atoms with Gasteiger partial charge in [0.05, 0.1) is 10.7 Å². The molecule has 1 aromatic rings. The molecule has 0 aromatic heterocycles. The second-order valence-corrected chi connectivity index (χ2v) is 4.68. The molecule has 0 fully saturated rings. The van der Waals surface area contributed by atoms with Gasteiger partial charge in [0.2, 0.25) is 0 Å². The van der Waals surface area contributed by atoms with E-state index in [9.17, 15) is 0 Å². The van der Waals surface area contributed by atoms with Crippen LogP contribution in [0.25, 0.3) is 0 Å². The van der Waals surface area contributed by atoms with Crippen molar-refractivity contribution >= 4 is 39.2 Å². The fourth-order valence-electron chi connectivity index (χ4n) is 1.04. The van der Waals surface area contributed by atoms with Crippen molar-refractivity contribution in [3.8, 4) is 0 Å². The minimum atomic E-state index is 0.159. The van der Waals surface area contributed by atoms with Crippen LogP contribution < -0.4 is 11.1 Å². The molecule has 0 aliphatic rings. The minimum absolute atomic E-state index is 0.159. The summed E-state index contributed by atoms with van der Waals surface area (Å²) in [6.07, 6.45) is 0. The van der Waals surface area contributed by atoms with Gasteiger partial charge in [-0.3, -0.25) is 4.99 Å². The lowest BCUT2D eigenvalue weighted by molar-refractivity contribution is 0.833. The molecule has 0 unspecified atom stereocenters. The van der Waals surface area contributed by atoms with E-state index in [1.165, 1.54) is 0 Å². The van der Waals surface area contributed by atoms with Crippen LogP contribution in [0.4, 0.5) is 5.69 Å². The number of halogens is 2. The van der Waals surface area contributed by atoms with Gasteiger partial charge < -0.3 is 11.1 Å². The number of guanidine groups is 1. The lowest BCUT2D eigenvalue weighted by Crippen LogP contribution is -2.24. The Kier molecular flexibility index (Phi) is 4.42. The molecule has 0 aliphatic carbocycles. The van der Waals surface area contributed by atoms with Gasteiger partial charge in [0.15, 0.2) is 5.96 Å². The van der Waals surface area contributed by atoms with Crippen molar-refractivity contribution in [2.75, 3.05) is 5.32 Å². The molecule has 0 radical (unpaired) electrons. The van der Waals surface area contributed by atoms with E-state index in [1.807, 2.05) is 26.0 Å². The van der Waals surface area contributed by atoms with Gasteiger partial charge in [0.25, 0.3) is 0 Å². The topological polar surface area (TPSA) is 50.4 Å². The van der Waals surface area contributed by atoms with Crippen molar-refractivity contribution in [3.05, 3.63) is 27.7 Å². The first kappa shape index (κ1) is 12.3. The van der Waals surface area contributed by atoms with Crippen molar-refractivity contribution < 1.29 is 0 Å². The maximum atomic E-state index is 6.01. The van der Waals surface area contributed by atoms with Crippen LogP contribution in [-0.2, 0) is 0 Å². The molecule has 3 nitrogen and oxygen atoms in total. The van der Waals surface area contributed by atoms with Crippen molar-refractivity contribution in [2.45, 2.75) is 19.9 Å². The third-order valence-electron chi connectivity index (χ3n) is 1.59. The fourth-order valence-corrected chi connectivity index (χ4v) is 1.76. The number of anilines is 1. The quantitative estimate of drug-likeness (QED) is 0.649. The predicted molar refractivity (Wildman–Crippen MR) is 69.5 cm³/mol. The molecule has 0 spiro atoms. The van der Waals surface area contributed by atoms with Crippen molar-refractivity contribution in [3.63, 3.8) is 0 Å². The maximum absolute atomic E-state index is 6.01. The summed E-state index contributed by atoms with van der Waals surface area (Å²) in [6, 6.07) is 5.69. The Labute approximate surface area is 103 Å². The Morgan fingerprint density at radius 3 is 2.73 bits per heavy atom. The summed E-state index contributed by atoms with van der Waals surface area (Å²) in [5.41, 5.74) is 6.43. The zero-order valence-electron chi connectivity index (χ0n) is 8.59. The summed E-state index contributed by atoms with van der Waals surface area (Å²) < 4.78 is 0.928. The lowest BCUT2D eigenvalue weighted by atomic mass is 10.3. The standard InChI is InChI=1S/C10H13BrClN3/c1-6(2)14-10(13)15-9-4-3-7(11)5-8(9)12/h3-6H,1-2H3,(H3,13,14,15). The highest BCUT2D eigenvalue weighted by Gasteiger charge is 2.02. The highest BCUT2D eigenvalue weighted by atomic mass is 79.9. The predicted octanol–water partition coefficient (Wildman–Crippen LogP) is 3.24. The first-order valence-electron chi connectivity index (χ1n) is 4.54. The second-order valence-electron chi connectivity index (χ2n) is 3.36. The molecule has 3 N–H and O–H groups in total. The molecule has 0 saturated carbocycles. The minimum Gasteiger partial charge on any atom is -0.370 e. The van der Waals surface area contributed by atoms with Gasteiger partial charge in [-0.2, -0.15) is 0 Å². The van der Waals surface area contributed by atoms with E-state index in [4.69, 9.17) is 17.3 Å². The zero-order valence-corrected chi connectivity index (χ0v) is 10.9. The number of benzene rings is 1.